The van der Waals surface area contributed by atoms with Gasteiger partial charge in [-0.15, -0.1) is 0 Å². The van der Waals surface area contributed by atoms with Crippen LogP contribution in [0.1, 0.15) is 25.0 Å². The summed E-state index contributed by atoms with van der Waals surface area (Å²) in [4.78, 5) is 1.81. The van der Waals surface area contributed by atoms with Gasteiger partial charge in [-0.25, -0.2) is 0 Å². The smallest absolute Gasteiger partial charge is 0.337 e. The number of nitrogens with zero attached hydrogens (tertiary/aromatic N) is 1. The van der Waals surface area contributed by atoms with Crippen LogP contribution in [0.3, 0.4) is 0 Å². The number of benzene rings is 2. The van der Waals surface area contributed by atoms with E-state index in [1.54, 1.807) is 13.8 Å². The molecule has 5 nitrogen and oxygen atoms in total. The number of anilines is 1. The number of thiocarbonyl (C=S) groups is 1. The van der Waals surface area contributed by atoms with Gasteiger partial charge in [-0.2, -0.15) is 0 Å². The van der Waals surface area contributed by atoms with Crippen LogP contribution in [0.4, 0.5) is 5.69 Å². The second-order valence-corrected chi connectivity index (χ2v) is 9.87. The Bertz CT molecular complexity index is 886. The quantitative estimate of drug-likeness (QED) is 0.294. The molecule has 0 bridgehead atoms. The largest absolute Gasteiger partial charge is 0.349 e. The van der Waals surface area contributed by atoms with Crippen molar-refractivity contribution in [2.75, 3.05) is 31.4 Å². The van der Waals surface area contributed by atoms with Crippen molar-refractivity contribution in [1.29, 1.82) is 0 Å². The van der Waals surface area contributed by atoms with Crippen LogP contribution in [0.5, 0.6) is 0 Å². The van der Waals surface area contributed by atoms with Crippen LogP contribution in [-0.2, 0) is 20.0 Å². The maximum Gasteiger partial charge on any atom is 0.349 e. The van der Waals surface area contributed by atoms with E-state index in [0.29, 0.717) is 28.1 Å². The molecule has 0 atom stereocenters. The molecule has 2 aromatic carbocycles. The van der Waals surface area contributed by atoms with Crippen molar-refractivity contribution in [3.05, 3.63) is 63.6 Å². The van der Waals surface area contributed by atoms with E-state index >= 15 is 0 Å². The Balaban J connectivity index is 2.19. The maximum atomic E-state index is 13.1. The normalized spacial score (nSPS) is 11.4. The van der Waals surface area contributed by atoms with E-state index in [0.717, 1.165) is 16.8 Å². The zero-order chi connectivity index (χ0) is 22.1. The minimum atomic E-state index is -3.33. The van der Waals surface area contributed by atoms with Gasteiger partial charge in [0, 0.05) is 22.3 Å². The van der Waals surface area contributed by atoms with Gasteiger partial charge >= 0.3 is 7.60 Å². The van der Waals surface area contributed by atoms with Crippen molar-refractivity contribution < 1.29 is 13.6 Å². The summed E-state index contributed by atoms with van der Waals surface area (Å²) in [5.41, 5.74) is 2.83. The highest BCUT2D eigenvalue weighted by molar-refractivity contribution is 7.80. The topological polar surface area (TPSA) is 50.8 Å². The van der Waals surface area contributed by atoms with Gasteiger partial charge in [-0.3, -0.25) is 4.57 Å². The lowest BCUT2D eigenvalue weighted by Gasteiger charge is -2.29. The molecule has 0 spiro atoms. The molecule has 0 aromatic heterocycles. The van der Waals surface area contributed by atoms with E-state index in [1.807, 2.05) is 54.3 Å². The second-order valence-electron chi connectivity index (χ2n) is 6.62. The minimum Gasteiger partial charge on any atom is -0.337 e. The molecule has 0 aliphatic rings. The van der Waals surface area contributed by atoms with E-state index in [-0.39, 0.29) is 19.5 Å². The van der Waals surface area contributed by atoms with E-state index < -0.39 is 7.60 Å². The van der Waals surface area contributed by atoms with E-state index in [1.165, 1.54) is 0 Å². The molecule has 0 heterocycles. The zero-order valence-electron chi connectivity index (χ0n) is 17.4. The van der Waals surface area contributed by atoms with Crippen molar-refractivity contribution in [3.8, 4) is 0 Å². The summed E-state index contributed by atoms with van der Waals surface area (Å²) in [5.74, 6) is 0. The molecular formula is C21H27Cl2N2O3PS. The van der Waals surface area contributed by atoms with Crippen molar-refractivity contribution in [2.24, 2.45) is 0 Å². The van der Waals surface area contributed by atoms with Crippen LogP contribution in [0, 0.1) is 6.92 Å². The average Bonchev–Trinajstić information content (AvgIpc) is 2.69. The number of aryl methyl sites for hydroxylation is 1. The van der Waals surface area contributed by atoms with E-state index in [9.17, 15) is 4.57 Å². The lowest BCUT2D eigenvalue weighted by Crippen LogP contribution is -2.37. The highest BCUT2D eigenvalue weighted by atomic mass is 35.5. The Labute approximate surface area is 194 Å². The first-order chi connectivity index (χ1) is 14.3. The van der Waals surface area contributed by atoms with Gasteiger partial charge in [0.15, 0.2) is 5.11 Å². The maximum absolute atomic E-state index is 13.1. The fraction of sp³-hybridized carbons (Fsp3) is 0.381. The molecule has 0 unspecified atom stereocenters. The van der Waals surface area contributed by atoms with Gasteiger partial charge in [-0.05, 0) is 74.8 Å². The van der Waals surface area contributed by atoms with Crippen LogP contribution in [0.2, 0.25) is 10.0 Å². The molecule has 2 aromatic rings. The Hall–Kier alpha value is -1.14. The molecule has 0 saturated carbocycles. The summed E-state index contributed by atoms with van der Waals surface area (Å²) >= 11 is 17.8. The number of nitrogens with one attached hydrogen (secondary N) is 1. The Morgan fingerprint density at radius 3 is 2.30 bits per heavy atom. The van der Waals surface area contributed by atoms with Gasteiger partial charge in [0.1, 0.15) is 6.29 Å². The molecule has 30 heavy (non-hydrogen) atoms. The summed E-state index contributed by atoms with van der Waals surface area (Å²) in [6.07, 6.45) is 0.736. The second kappa shape index (κ2) is 12.0. The number of rotatable bonds is 10. The van der Waals surface area contributed by atoms with Gasteiger partial charge < -0.3 is 19.3 Å². The number of halogens is 2. The molecule has 0 aliphatic carbocycles. The fourth-order valence-electron chi connectivity index (χ4n) is 2.75. The summed E-state index contributed by atoms with van der Waals surface area (Å²) in [6.45, 7) is 6.61. The van der Waals surface area contributed by atoms with Gasteiger partial charge in [0.2, 0.25) is 0 Å². The molecular weight excluding hydrogens is 462 g/mol. The molecule has 0 fully saturated rings. The molecule has 0 radical (unpaired) electrons. The van der Waals surface area contributed by atoms with E-state index in [2.05, 4.69) is 5.32 Å². The SMILES string of the molecule is CCOP(=O)(CN(CCc1ccc(Cl)cc1)C(=S)Nc1ccc(C)c(Cl)c1)OCC. The monoisotopic (exact) mass is 488 g/mol. The third-order valence-corrected chi connectivity index (χ3v) is 7.30. The lowest BCUT2D eigenvalue weighted by atomic mass is 10.1. The predicted octanol–water partition coefficient (Wildman–Crippen LogP) is 6.77. The van der Waals surface area contributed by atoms with E-state index in [4.69, 9.17) is 44.5 Å². The molecule has 0 amide bonds. The van der Waals surface area contributed by atoms with Crippen LogP contribution in [0.25, 0.3) is 0 Å². The van der Waals surface area contributed by atoms with Gasteiger partial charge in [0.05, 0.1) is 13.2 Å². The summed E-state index contributed by atoms with van der Waals surface area (Å²) in [7, 11) is -3.33. The summed E-state index contributed by atoms with van der Waals surface area (Å²) in [6, 6.07) is 13.2. The Kier molecular flexibility index (Phi) is 10.1. The Morgan fingerprint density at radius 1 is 1.10 bits per heavy atom. The highest BCUT2D eigenvalue weighted by Gasteiger charge is 2.28. The fourth-order valence-corrected chi connectivity index (χ4v) is 5.15. The van der Waals surface area contributed by atoms with Crippen molar-refractivity contribution in [1.82, 2.24) is 4.90 Å². The molecule has 1 N–H and O–H groups in total. The zero-order valence-corrected chi connectivity index (χ0v) is 20.6. The number of hydrogen-bond acceptors (Lipinski definition) is 4. The first kappa shape index (κ1) is 25.1. The van der Waals surface area contributed by atoms with Crippen molar-refractivity contribution in [2.45, 2.75) is 27.2 Å². The Morgan fingerprint density at radius 2 is 1.73 bits per heavy atom. The minimum absolute atomic E-state index is 0.0493. The van der Waals surface area contributed by atoms with Crippen molar-refractivity contribution in [3.63, 3.8) is 0 Å². The summed E-state index contributed by atoms with van der Waals surface area (Å²) < 4.78 is 24.1. The predicted molar refractivity (Wildman–Crippen MR) is 130 cm³/mol. The first-order valence-corrected chi connectivity index (χ1v) is 12.6. The van der Waals surface area contributed by atoms with Crippen LogP contribution in [-0.4, -0.2) is 36.1 Å². The van der Waals surface area contributed by atoms with Crippen molar-refractivity contribution >= 4 is 53.8 Å². The van der Waals surface area contributed by atoms with Gasteiger partial charge in [-0.1, -0.05) is 41.4 Å². The third-order valence-electron chi connectivity index (χ3n) is 4.29. The van der Waals surface area contributed by atoms with Crippen LogP contribution < -0.4 is 5.32 Å². The average molecular weight is 489 g/mol. The third kappa shape index (κ3) is 7.84. The van der Waals surface area contributed by atoms with Gasteiger partial charge in [0.25, 0.3) is 0 Å². The molecule has 2 rings (SSSR count). The molecule has 0 saturated heterocycles. The first-order valence-electron chi connectivity index (χ1n) is 9.71. The summed E-state index contributed by atoms with van der Waals surface area (Å²) in [5, 5.41) is 4.93. The highest BCUT2D eigenvalue weighted by Crippen LogP contribution is 2.48. The standard InChI is InChI=1S/C21H27Cl2N2O3PS/c1-4-27-29(26,28-5-2)15-25(13-12-17-7-9-18(22)10-8-17)21(30)24-19-11-6-16(3)20(23)14-19/h6-11,14H,4-5,12-13,15H2,1-3H3,(H,24,30). The van der Waals surface area contributed by atoms with Crippen LogP contribution >= 0.6 is 43.0 Å². The molecule has 164 valence electrons. The molecule has 0 aliphatic heterocycles. The molecule has 9 heteroatoms. The lowest BCUT2D eigenvalue weighted by molar-refractivity contribution is 0.210. The van der Waals surface area contributed by atoms with Crippen LogP contribution in [0.15, 0.2) is 42.5 Å². The number of hydrogen-bond donors (Lipinski definition) is 1.